The monoisotopic (exact) mass is 442 g/mol. The van der Waals surface area contributed by atoms with Crippen LogP contribution in [-0.2, 0) is 11.3 Å². The van der Waals surface area contributed by atoms with Gasteiger partial charge in [0.05, 0.1) is 16.6 Å². The van der Waals surface area contributed by atoms with Crippen molar-refractivity contribution in [2.24, 2.45) is 0 Å². The lowest BCUT2D eigenvalue weighted by Gasteiger charge is -2.10. The molecule has 2 heterocycles. The maximum atomic E-state index is 12.6. The molecule has 0 aliphatic rings. The van der Waals surface area contributed by atoms with Gasteiger partial charge in [-0.2, -0.15) is 0 Å². The van der Waals surface area contributed by atoms with E-state index in [1.165, 1.54) is 0 Å². The second-order valence-electron chi connectivity index (χ2n) is 7.02. The highest BCUT2D eigenvalue weighted by atomic mass is 32.2. The van der Waals surface area contributed by atoms with Gasteiger partial charge in [-0.25, -0.2) is 9.97 Å². The largest absolute Gasteiger partial charge is 0.322 e. The molecule has 0 saturated heterocycles. The summed E-state index contributed by atoms with van der Waals surface area (Å²) in [4.78, 5) is 34.2. The van der Waals surface area contributed by atoms with Gasteiger partial charge in [0.2, 0.25) is 0 Å². The first-order chi connectivity index (χ1) is 15.7. The molecule has 0 radical (unpaired) electrons. The normalized spacial score (nSPS) is 11.0. The summed E-state index contributed by atoms with van der Waals surface area (Å²) in [5.74, 6) is -0.378. The third kappa shape index (κ3) is 3.93. The zero-order valence-corrected chi connectivity index (χ0v) is 17.6. The number of para-hydroxylation sites is 4. The molecule has 158 valence electrons. The second-order valence-corrected chi connectivity index (χ2v) is 7.80. The van der Waals surface area contributed by atoms with Gasteiger partial charge < -0.3 is 9.29 Å². The van der Waals surface area contributed by atoms with E-state index in [0.29, 0.717) is 5.65 Å². The Kier molecular flexibility index (Phi) is 5.30. The van der Waals surface area contributed by atoms with Crippen LogP contribution in [0.2, 0.25) is 0 Å². The van der Waals surface area contributed by atoms with Gasteiger partial charge >= 0.3 is 5.24 Å². The minimum Gasteiger partial charge on any atom is -0.322 e. The molecular formula is C23H18N6O2S. The van der Waals surface area contributed by atoms with Crippen LogP contribution < -0.4 is 15.6 Å². The Morgan fingerprint density at radius 2 is 1.50 bits per heavy atom. The van der Waals surface area contributed by atoms with E-state index >= 15 is 0 Å². The van der Waals surface area contributed by atoms with Crippen molar-refractivity contribution in [3.05, 3.63) is 78.9 Å². The van der Waals surface area contributed by atoms with E-state index in [1.807, 2.05) is 78.9 Å². The number of nitrogens with one attached hydrogen (secondary N) is 3. The Balaban J connectivity index is 1.34. The molecular weight excluding hydrogens is 424 g/mol. The van der Waals surface area contributed by atoms with Crippen LogP contribution in [0, 0.1) is 0 Å². The Bertz CT molecular complexity index is 1450. The number of nitrogens with zero attached hydrogens (tertiary/aromatic N) is 3. The number of hydrogen-bond acceptors (Lipinski definition) is 6. The smallest absolute Gasteiger partial charge is 0.317 e. The number of aromatic nitrogens is 3. The zero-order chi connectivity index (χ0) is 21.9. The van der Waals surface area contributed by atoms with Crippen molar-refractivity contribution in [3.63, 3.8) is 0 Å². The first-order valence-electron chi connectivity index (χ1n) is 9.89. The van der Waals surface area contributed by atoms with Gasteiger partial charge in [0, 0.05) is 23.0 Å². The Hall–Kier alpha value is -4.11. The number of carbonyl (C=O) groups excluding carboxylic acids is 2. The summed E-state index contributed by atoms with van der Waals surface area (Å²) in [7, 11) is 0. The summed E-state index contributed by atoms with van der Waals surface area (Å²) in [5, 5.41) is 0.482. The second kappa shape index (κ2) is 8.56. The predicted octanol–water partition coefficient (Wildman–Crippen LogP) is 4.24. The van der Waals surface area contributed by atoms with Crippen molar-refractivity contribution in [1.29, 1.82) is 0 Å². The molecule has 0 aliphatic carbocycles. The van der Waals surface area contributed by atoms with Crippen molar-refractivity contribution in [1.82, 2.24) is 25.4 Å². The van der Waals surface area contributed by atoms with Crippen LogP contribution >= 0.6 is 11.9 Å². The molecule has 0 spiro atoms. The quantitative estimate of drug-likeness (QED) is 0.284. The van der Waals surface area contributed by atoms with Gasteiger partial charge in [0.15, 0.2) is 5.65 Å². The lowest BCUT2D eigenvalue weighted by atomic mass is 10.2. The molecule has 5 aromatic rings. The van der Waals surface area contributed by atoms with Crippen LogP contribution in [0.3, 0.4) is 0 Å². The Labute approximate surface area is 187 Å². The lowest BCUT2D eigenvalue weighted by Crippen LogP contribution is -2.41. The number of rotatable bonds is 4. The zero-order valence-electron chi connectivity index (χ0n) is 16.8. The number of carbonyl (C=O) groups is 2. The Morgan fingerprint density at radius 3 is 2.31 bits per heavy atom. The molecule has 8 nitrogen and oxygen atoms in total. The van der Waals surface area contributed by atoms with Crippen molar-refractivity contribution in [3.8, 4) is 0 Å². The molecule has 2 amide bonds. The summed E-state index contributed by atoms with van der Waals surface area (Å²) in [5.41, 5.74) is 9.39. The van der Waals surface area contributed by atoms with E-state index in [4.69, 9.17) is 9.97 Å². The molecule has 9 heteroatoms. The highest BCUT2D eigenvalue weighted by Crippen LogP contribution is 2.28. The first kappa shape index (κ1) is 19.8. The van der Waals surface area contributed by atoms with E-state index in [9.17, 15) is 9.59 Å². The molecule has 5 rings (SSSR count). The van der Waals surface area contributed by atoms with Gasteiger partial charge in [-0.05, 0) is 30.3 Å². The molecule has 0 fully saturated rings. The van der Waals surface area contributed by atoms with Crippen LogP contribution in [-0.4, -0.2) is 25.7 Å². The number of anilines is 1. The molecule has 0 aliphatic heterocycles. The first-order valence-corrected chi connectivity index (χ1v) is 10.7. The van der Waals surface area contributed by atoms with E-state index in [1.54, 1.807) is 4.57 Å². The molecule has 32 heavy (non-hydrogen) atoms. The maximum absolute atomic E-state index is 12.6. The minimum atomic E-state index is -0.435. The van der Waals surface area contributed by atoms with Crippen LogP contribution in [0.5, 0.6) is 0 Å². The molecule has 0 bridgehead atoms. The third-order valence-corrected chi connectivity index (χ3v) is 5.52. The molecule has 2 aromatic heterocycles. The van der Waals surface area contributed by atoms with Crippen LogP contribution in [0.4, 0.5) is 10.5 Å². The van der Waals surface area contributed by atoms with Gasteiger partial charge in [-0.3, -0.25) is 20.4 Å². The van der Waals surface area contributed by atoms with Crippen molar-refractivity contribution in [2.75, 3.05) is 4.72 Å². The summed E-state index contributed by atoms with van der Waals surface area (Å²) < 4.78 is 4.72. The summed E-state index contributed by atoms with van der Waals surface area (Å²) in [6.45, 7) is -0.0197. The fourth-order valence-corrected chi connectivity index (χ4v) is 3.93. The number of benzene rings is 3. The van der Waals surface area contributed by atoms with Gasteiger partial charge in [0.25, 0.3) is 5.91 Å². The SMILES string of the molecule is O=C(Cn1c2ccccc2c2nc3ccccc3nc21)NNC(=O)SNc1ccccc1. The van der Waals surface area contributed by atoms with Crippen LogP contribution in [0.1, 0.15) is 0 Å². The summed E-state index contributed by atoms with van der Waals surface area (Å²) in [6.07, 6.45) is 0. The number of amides is 2. The maximum Gasteiger partial charge on any atom is 0.317 e. The van der Waals surface area contributed by atoms with Gasteiger partial charge in [-0.15, -0.1) is 0 Å². The van der Waals surface area contributed by atoms with Crippen molar-refractivity contribution < 1.29 is 9.59 Å². The Morgan fingerprint density at radius 1 is 0.812 bits per heavy atom. The van der Waals surface area contributed by atoms with Gasteiger partial charge in [-0.1, -0.05) is 48.5 Å². The number of fused-ring (bicyclic) bond motifs is 4. The summed E-state index contributed by atoms with van der Waals surface area (Å²) >= 11 is 0.842. The standard InChI is InChI=1S/C23H18N6O2S/c30-20(26-27-23(31)32-28-15-8-2-1-3-9-15)14-29-19-13-7-4-10-16(19)21-22(29)25-18-12-6-5-11-17(18)24-21/h1-13,28H,14H2,(H,26,30)(H,27,31). The van der Waals surface area contributed by atoms with Gasteiger partial charge in [0.1, 0.15) is 12.1 Å². The average Bonchev–Trinajstić information content (AvgIpc) is 3.13. The summed E-state index contributed by atoms with van der Waals surface area (Å²) in [6, 6.07) is 24.6. The molecule has 0 unspecified atom stereocenters. The van der Waals surface area contributed by atoms with Crippen LogP contribution in [0.15, 0.2) is 78.9 Å². The van der Waals surface area contributed by atoms with Crippen molar-refractivity contribution >= 4 is 61.9 Å². The number of hydrazine groups is 1. The highest BCUT2D eigenvalue weighted by Gasteiger charge is 2.16. The van der Waals surface area contributed by atoms with Crippen LogP contribution in [0.25, 0.3) is 33.1 Å². The minimum absolute atomic E-state index is 0.0197. The van der Waals surface area contributed by atoms with Crippen molar-refractivity contribution in [2.45, 2.75) is 6.54 Å². The molecule has 0 saturated carbocycles. The topological polar surface area (TPSA) is 101 Å². The molecule has 3 aromatic carbocycles. The van der Waals surface area contributed by atoms with E-state index < -0.39 is 5.24 Å². The molecule has 0 atom stereocenters. The predicted molar refractivity (Wildman–Crippen MR) is 127 cm³/mol. The van der Waals surface area contributed by atoms with E-state index in [2.05, 4.69) is 15.6 Å². The average molecular weight is 443 g/mol. The van der Waals surface area contributed by atoms with E-state index in [-0.39, 0.29) is 12.5 Å². The number of hydrogen-bond donors (Lipinski definition) is 3. The fraction of sp³-hybridized carbons (Fsp3) is 0.0435. The highest BCUT2D eigenvalue weighted by molar-refractivity contribution is 8.14. The molecule has 3 N–H and O–H groups in total. The van der Waals surface area contributed by atoms with E-state index in [0.717, 1.165) is 45.1 Å². The lowest BCUT2D eigenvalue weighted by molar-refractivity contribution is -0.122. The fourth-order valence-electron chi connectivity index (χ4n) is 3.48. The third-order valence-electron chi connectivity index (χ3n) is 4.90.